The van der Waals surface area contributed by atoms with Crippen molar-refractivity contribution in [3.05, 3.63) is 45.4 Å². The number of benzene rings is 1. The zero-order chi connectivity index (χ0) is 22.8. The van der Waals surface area contributed by atoms with Crippen LogP contribution >= 0.6 is 22.9 Å². The number of sulfonamides is 1. The first-order valence-electron chi connectivity index (χ1n) is 10.1. The van der Waals surface area contributed by atoms with Gasteiger partial charge in [-0.1, -0.05) is 11.6 Å². The van der Waals surface area contributed by atoms with Crippen LogP contribution in [0.4, 0.5) is 0 Å². The summed E-state index contributed by atoms with van der Waals surface area (Å²) in [7, 11) is -0.523. The minimum atomic E-state index is -3.53. The molecule has 2 heterocycles. The first kappa shape index (κ1) is 23.7. The lowest BCUT2D eigenvalue weighted by Crippen LogP contribution is -2.30. The van der Waals surface area contributed by atoms with E-state index in [9.17, 15) is 13.2 Å². The molecular formula is C21H27ClN4O3S2. The third-order valence-corrected chi connectivity index (χ3v) is 8.19. The highest BCUT2D eigenvalue weighted by atomic mass is 35.5. The van der Waals surface area contributed by atoms with Crippen molar-refractivity contribution in [2.24, 2.45) is 0 Å². The Hall–Kier alpha value is -1.94. The topological polar surface area (TPSA) is 75.5 Å². The molecule has 0 spiro atoms. The Morgan fingerprint density at radius 2 is 1.94 bits per heavy atom. The van der Waals surface area contributed by atoms with Crippen molar-refractivity contribution < 1.29 is 13.2 Å². The maximum atomic E-state index is 12.8. The van der Waals surface area contributed by atoms with Gasteiger partial charge in [-0.15, -0.1) is 11.3 Å². The predicted octanol–water partition coefficient (Wildman–Crippen LogP) is 4.00. The zero-order valence-corrected chi connectivity index (χ0v) is 20.5. The van der Waals surface area contributed by atoms with Gasteiger partial charge in [0.15, 0.2) is 0 Å². The van der Waals surface area contributed by atoms with Gasteiger partial charge in [-0.2, -0.15) is 0 Å². The van der Waals surface area contributed by atoms with E-state index in [2.05, 4.69) is 4.98 Å². The fourth-order valence-electron chi connectivity index (χ4n) is 3.45. The number of fused-ring (bicyclic) bond motifs is 1. The third kappa shape index (κ3) is 5.11. The summed E-state index contributed by atoms with van der Waals surface area (Å²) in [6.45, 7) is 5.81. The first-order chi connectivity index (χ1) is 14.7. The Morgan fingerprint density at radius 1 is 1.19 bits per heavy atom. The van der Waals surface area contributed by atoms with Crippen molar-refractivity contribution in [3.8, 4) is 0 Å². The van der Waals surface area contributed by atoms with Crippen LogP contribution in [-0.4, -0.2) is 53.7 Å². The Morgan fingerprint density at radius 3 is 2.52 bits per heavy atom. The van der Waals surface area contributed by atoms with Gasteiger partial charge in [-0.05, 0) is 44.2 Å². The second-order valence-corrected chi connectivity index (χ2v) is 11.3. The molecule has 10 heteroatoms. The quantitative estimate of drug-likeness (QED) is 0.462. The van der Waals surface area contributed by atoms with Crippen molar-refractivity contribution in [2.45, 2.75) is 44.7 Å². The average Bonchev–Trinajstić information content (AvgIpc) is 3.31. The molecule has 2 aromatic heterocycles. The predicted molar refractivity (Wildman–Crippen MR) is 125 cm³/mol. The summed E-state index contributed by atoms with van der Waals surface area (Å²) in [6, 6.07) is 8.77. The van der Waals surface area contributed by atoms with Crippen LogP contribution in [0.2, 0.25) is 4.34 Å². The number of aromatic nitrogens is 2. The standard InChI is InChI=1S/C21H27ClN4O3S2/c1-5-25(14-15-7-10-19(22)30-15)21(27)12-11-20-23-17-13-16(31(28,29)24(3)4)8-9-18(17)26(20)6-2/h7-10,13H,5-6,11-12,14H2,1-4H3. The Balaban J connectivity index is 1.79. The lowest BCUT2D eigenvalue weighted by Gasteiger charge is -2.20. The van der Waals surface area contributed by atoms with Gasteiger partial charge >= 0.3 is 0 Å². The zero-order valence-electron chi connectivity index (χ0n) is 18.1. The number of hydrogen-bond acceptors (Lipinski definition) is 5. The van der Waals surface area contributed by atoms with E-state index in [1.807, 2.05) is 35.4 Å². The van der Waals surface area contributed by atoms with E-state index in [1.165, 1.54) is 29.7 Å². The second kappa shape index (κ2) is 9.68. The van der Waals surface area contributed by atoms with E-state index >= 15 is 0 Å². The number of imidazole rings is 1. The lowest BCUT2D eigenvalue weighted by molar-refractivity contribution is -0.131. The molecule has 7 nitrogen and oxygen atoms in total. The van der Waals surface area contributed by atoms with E-state index < -0.39 is 10.0 Å². The molecule has 0 saturated carbocycles. The summed E-state index contributed by atoms with van der Waals surface area (Å²) >= 11 is 7.48. The van der Waals surface area contributed by atoms with Crippen LogP contribution in [-0.2, 0) is 34.3 Å². The molecule has 0 fully saturated rings. The molecule has 0 aliphatic heterocycles. The average molecular weight is 483 g/mol. The number of carbonyl (C=O) groups is 1. The molecule has 0 unspecified atom stereocenters. The molecular weight excluding hydrogens is 456 g/mol. The summed E-state index contributed by atoms with van der Waals surface area (Å²) in [6.07, 6.45) is 0.817. The molecule has 3 aromatic rings. The van der Waals surface area contributed by atoms with Crippen LogP contribution in [0.1, 0.15) is 31.0 Å². The fourth-order valence-corrected chi connectivity index (χ4v) is 5.48. The summed E-state index contributed by atoms with van der Waals surface area (Å²) < 4.78 is 28.8. The van der Waals surface area contributed by atoms with Crippen LogP contribution in [0.3, 0.4) is 0 Å². The smallest absolute Gasteiger partial charge is 0.242 e. The van der Waals surface area contributed by atoms with Crippen molar-refractivity contribution in [1.29, 1.82) is 0 Å². The summed E-state index contributed by atoms with van der Waals surface area (Å²) in [5, 5.41) is 0. The van der Waals surface area contributed by atoms with Crippen molar-refractivity contribution >= 4 is 49.9 Å². The third-order valence-electron chi connectivity index (χ3n) is 5.17. The number of rotatable bonds is 9. The highest BCUT2D eigenvalue weighted by Crippen LogP contribution is 2.24. The number of aryl methyl sites for hydroxylation is 2. The summed E-state index contributed by atoms with van der Waals surface area (Å²) in [4.78, 5) is 20.5. The summed E-state index contributed by atoms with van der Waals surface area (Å²) in [5.41, 5.74) is 1.48. The number of amides is 1. The molecule has 0 aliphatic carbocycles. The Labute approximate surface area is 192 Å². The fraction of sp³-hybridized carbons (Fsp3) is 0.429. The SMILES string of the molecule is CCN(Cc1ccc(Cl)s1)C(=O)CCc1nc2cc(S(=O)(=O)N(C)C)ccc2n1CC. The number of nitrogens with zero attached hydrogens (tertiary/aromatic N) is 4. The number of carbonyl (C=O) groups excluding carboxylic acids is 1. The van der Waals surface area contributed by atoms with Crippen LogP contribution in [0.5, 0.6) is 0 Å². The minimum Gasteiger partial charge on any atom is -0.338 e. The van der Waals surface area contributed by atoms with E-state index in [1.54, 1.807) is 18.2 Å². The molecule has 31 heavy (non-hydrogen) atoms. The molecule has 1 aromatic carbocycles. The second-order valence-electron chi connectivity index (χ2n) is 7.32. The maximum absolute atomic E-state index is 12.8. The van der Waals surface area contributed by atoms with E-state index in [0.717, 1.165) is 16.2 Å². The largest absolute Gasteiger partial charge is 0.338 e. The molecule has 168 valence electrons. The minimum absolute atomic E-state index is 0.0533. The molecule has 3 rings (SSSR count). The van der Waals surface area contributed by atoms with Gasteiger partial charge in [0.2, 0.25) is 15.9 Å². The van der Waals surface area contributed by atoms with Gasteiger partial charge in [-0.3, -0.25) is 4.79 Å². The summed E-state index contributed by atoms with van der Waals surface area (Å²) in [5.74, 6) is 0.832. The monoisotopic (exact) mass is 482 g/mol. The highest BCUT2D eigenvalue weighted by Gasteiger charge is 2.20. The first-order valence-corrected chi connectivity index (χ1v) is 12.7. The molecule has 0 N–H and O–H groups in total. The molecule has 0 saturated heterocycles. The molecule has 0 radical (unpaired) electrons. The lowest BCUT2D eigenvalue weighted by atomic mass is 10.2. The van der Waals surface area contributed by atoms with Gasteiger partial charge in [0, 0.05) is 44.9 Å². The van der Waals surface area contributed by atoms with Gasteiger partial charge in [0.1, 0.15) is 5.82 Å². The number of halogens is 1. The van der Waals surface area contributed by atoms with Crippen LogP contribution in [0.25, 0.3) is 11.0 Å². The molecule has 0 aliphatic rings. The molecule has 1 amide bonds. The normalized spacial score (nSPS) is 12.1. The van der Waals surface area contributed by atoms with Gasteiger partial charge in [0.25, 0.3) is 0 Å². The highest BCUT2D eigenvalue weighted by molar-refractivity contribution is 7.89. The van der Waals surface area contributed by atoms with E-state index in [0.29, 0.717) is 42.3 Å². The number of hydrogen-bond donors (Lipinski definition) is 0. The molecule has 0 bridgehead atoms. The van der Waals surface area contributed by atoms with Crippen molar-refractivity contribution in [2.75, 3.05) is 20.6 Å². The molecule has 0 atom stereocenters. The van der Waals surface area contributed by atoms with Gasteiger partial charge < -0.3 is 9.47 Å². The maximum Gasteiger partial charge on any atom is 0.242 e. The van der Waals surface area contributed by atoms with E-state index in [-0.39, 0.29) is 10.8 Å². The van der Waals surface area contributed by atoms with Crippen LogP contribution in [0.15, 0.2) is 35.2 Å². The van der Waals surface area contributed by atoms with Crippen LogP contribution < -0.4 is 0 Å². The van der Waals surface area contributed by atoms with Crippen LogP contribution in [0, 0.1) is 0 Å². The van der Waals surface area contributed by atoms with E-state index in [4.69, 9.17) is 11.6 Å². The van der Waals surface area contributed by atoms with Crippen molar-refractivity contribution in [1.82, 2.24) is 18.8 Å². The number of thiophene rings is 1. The Bertz CT molecular complexity index is 1180. The van der Waals surface area contributed by atoms with Crippen molar-refractivity contribution in [3.63, 3.8) is 0 Å². The van der Waals surface area contributed by atoms with Gasteiger partial charge in [0.05, 0.1) is 26.8 Å². The Kier molecular flexibility index (Phi) is 7.41. The van der Waals surface area contributed by atoms with Gasteiger partial charge in [-0.25, -0.2) is 17.7 Å².